The van der Waals surface area contributed by atoms with Gasteiger partial charge in [-0.1, -0.05) is 30.3 Å². The molecular formula is C21H24BFO6. The molecule has 154 valence electrons. The minimum absolute atomic E-state index is 0.0415. The molecule has 1 heterocycles. The van der Waals surface area contributed by atoms with E-state index in [0.29, 0.717) is 0 Å². The molecule has 0 aliphatic carbocycles. The van der Waals surface area contributed by atoms with Crippen molar-refractivity contribution in [2.24, 2.45) is 0 Å². The van der Waals surface area contributed by atoms with E-state index >= 15 is 0 Å². The van der Waals surface area contributed by atoms with Gasteiger partial charge in [0.1, 0.15) is 17.9 Å². The van der Waals surface area contributed by atoms with Crippen LogP contribution in [0.2, 0.25) is 0 Å². The summed E-state index contributed by atoms with van der Waals surface area (Å²) in [5, 5.41) is 0. The Hall–Kier alpha value is -2.58. The van der Waals surface area contributed by atoms with Gasteiger partial charge < -0.3 is 23.4 Å². The summed E-state index contributed by atoms with van der Waals surface area (Å²) in [7, 11) is 0.134. The Kier molecular flexibility index (Phi) is 5.86. The standard InChI is InChI=1S/C21H24BFO6/c1-20(2)21(3,4)29-22(28-20)27-17-12-18(16(23)11-15(17)19(24)25-5)26-13-14-9-7-6-8-10-14/h6-12H,13H2,1-5H3. The number of hydrogen-bond donors (Lipinski definition) is 0. The number of rotatable bonds is 6. The van der Waals surface area contributed by atoms with Gasteiger partial charge in [-0.05, 0) is 39.3 Å². The minimum Gasteiger partial charge on any atom is -0.511 e. The van der Waals surface area contributed by atoms with E-state index < -0.39 is 30.3 Å². The number of benzene rings is 2. The highest BCUT2D eigenvalue weighted by Gasteiger charge is 2.54. The lowest BCUT2D eigenvalue weighted by atomic mass is 9.90. The van der Waals surface area contributed by atoms with Gasteiger partial charge in [-0.25, -0.2) is 9.18 Å². The number of halogens is 1. The van der Waals surface area contributed by atoms with Crippen molar-refractivity contribution in [2.75, 3.05) is 7.11 Å². The third-order valence-electron chi connectivity index (χ3n) is 5.13. The summed E-state index contributed by atoms with van der Waals surface area (Å²) in [4.78, 5) is 12.1. The van der Waals surface area contributed by atoms with Gasteiger partial charge in [0.15, 0.2) is 11.6 Å². The maximum absolute atomic E-state index is 14.5. The van der Waals surface area contributed by atoms with Gasteiger partial charge in [0.2, 0.25) is 0 Å². The van der Waals surface area contributed by atoms with Crippen molar-refractivity contribution in [3.8, 4) is 11.5 Å². The fourth-order valence-electron chi connectivity index (χ4n) is 2.69. The van der Waals surface area contributed by atoms with Crippen LogP contribution in [-0.4, -0.2) is 31.6 Å². The van der Waals surface area contributed by atoms with E-state index in [1.54, 1.807) is 0 Å². The molecule has 0 radical (unpaired) electrons. The molecule has 2 aromatic rings. The second-order valence-corrected chi connectivity index (χ2v) is 7.71. The zero-order chi connectivity index (χ0) is 21.2. The second-order valence-electron chi connectivity index (χ2n) is 7.71. The third-order valence-corrected chi connectivity index (χ3v) is 5.13. The predicted octanol–water partition coefficient (Wildman–Crippen LogP) is 4.16. The van der Waals surface area contributed by atoms with Gasteiger partial charge in [0, 0.05) is 6.07 Å². The molecule has 0 saturated carbocycles. The van der Waals surface area contributed by atoms with E-state index in [2.05, 4.69) is 0 Å². The van der Waals surface area contributed by atoms with E-state index in [4.69, 9.17) is 23.4 Å². The van der Waals surface area contributed by atoms with Gasteiger partial charge in [0.25, 0.3) is 0 Å². The van der Waals surface area contributed by atoms with Gasteiger partial charge in [-0.2, -0.15) is 0 Å². The summed E-state index contributed by atoms with van der Waals surface area (Å²) in [6.45, 7) is 7.64. The normalized spacial score (nSPS) is 17.1. The average molecular weight is 402 g/mol. The van der Waals surface area contributed by atoms with E-state index in [1.165, 1.54) is 13.2 Å². The quantitative estimate of drug-likeness (QED) is 0.534. The zero-order valence-electron chi connectivity index (χ0n) is 17.2. The van der Waals surface area contributed by atoms with E-state index in [-0.39, 0.29) is 23.7 Å². The summed E-state index contributed by atoms with van der Waals surface area (Å²) in [6, 6.07) is 11.7. The lowest BCUT2D eigenvalue weighted by molar-refractivity contribution is 0.00578. The second kappa shape index (κ2) is 8.04. The van der Waals surface area contributed by atoms with Crippen LogP contribution >= 0.6 is 0 Å². The number of hydrogen-bond acceptors (Lipinski definition) is 6. The molecule has 29 heavy (non-hydrogen) atoms. The molecule has 0 atom stereocenters. The molecule has 3 rings (SSSR count). The van der Waals surface area contributed by atoms with Crippen LogP contribution in [-0.2, 0) is 20.7 Å². The molecular weight excluding hydrogens is 378 g/mol. The Morgan fingerprint density at radius 3 is 2.24 bits per heavy atom. The molecule has 1 fully saturated rings. The van der Waals surface area contributed by atoms with Crippen LogP contribution in [0.15, 0.2) is 42.5 Å². The minimum atomic E-state index is -1.07. The first-order chi connectivity index (χ1) is 13.6. The lowest BCUT2D eigenvalue weighted by Crippen LogP contribution is -2.41. The molecule has 0 spiro atoms. The highest BCUT2D eigenvalue weighted by molar-refractivity contribution is 6.38. The van der Waals surface area contributed by atoms with E-state index in [0.717, 1.165) is 11.6 Å². The predicted molar refractivity (Wildman–Crippen MR) is 105 cm³/mol. The third kappa shape index (κ3) is 4.54. The summed E-state index contributed by atoms with van der Waals surface area (Å²) in [5.41, 5.74) is -0.477. The van der Waals surface area contributed by atoms with Crippen molar-refractivity contribution in [3.63, 3.8) is 0 Å². The molecule has 1 saturated heterocycles. The zero-order valence-corrected chi connectivity index (χ0v) is 17.2. The summed E-state index contributed by atoms with van der Waals surface area (Å²) in [6.07, 6.45) is 0. The Morgan fingerprint density at radius 1 is 1.03 bits per heavy atom. The molecule has 0 bridgehead atoms. The van der Waals surface area contributed by atoms with Crippen molar-refractivity contribution >= 4 is 13.3 Å². The maximum atomic E-state index is 14.5. The smallest absolute Gasteiger partial charge is 0.511 e. The Labute approximate surface area is 170 Å². The van der Waals surface area contributed by atoms with Crippen molar-refractivity contribution in [1.29, 1.82) is 0 Å². The highest BCUT2D eigenvalue weighted by atomic mass is 19.1. The molecule has 2 aromatic carbocycles. The Balaban J connectivity index is 1.86. The van der Waals surface area contributed by atoms with Crippen LogP contribution in [0.3, 0.4) is 0 Å². The van der Waals surface area contributed by atoms with Crippen molar-refractivity contribution in [2.45, 2.75) is 45.5 Å². The maximum Gasteiger partial charge on any atom is 0.714 e. The number of carbonyl (C=O) groups excluding carboxylic acids is 1. The van der Waals surface area contributed by atoms with Gasteiger partial charge >= 0.3 is 13.3 Å². The van der Waals surface area contributed by atoms with Crippen LogP contribution in [0.1, 0.15) is 43.6 Å². The number of carbonyl (C=O) groups is 1. The first kappa shape index (κ1) is 21.1. The molecule has 0 amide bonds. The molecule has 8 heteroatoms. The van der Waals surface area contributed by atoms with Crippen LogP contribution in [0.25, 0.3) is 0 Å². The summed E-state index contributed by atoms with van der Waals surface area (Å²) >= 11 is 0. The van der Waals surface area contributed by atoms with E-state index in [9.17, 15) is 9.18 Å². The van der Waals surface area contributed by atoms with Gasteiger partial charge in [-0.3, -0.25) is 0 Å². The fraction of sp³-hybridized carbons (Fsp3) is 0.381. The SMILES string of the molecule is COC(=O)c1cc(F)c(OCc2ccccc2)cc1OB1OC(C)(C)C(C)(C)O1. The lowest BCUT2D eigenvalue weighted by Gasteiger charge is -2.31. The number of methoxy groups -OCH3 is 1. The molecule has 1 aliphatic rings. The molecule has 0 aromatic heterocycles. The Bertz CT molecular complexity index is 868. The average Bonchev–Trinajstić information content (AvgIpc) is 2.88. The van der Waals surface area contributed by atoms with Crippen molar-refractivity contribution in [3.05, 3.63) is 59.4 Å². The van der Waals surface area contributed by atoms with Crippen LogP contribution in [0.5, 0.6) is 11.5 Å². The van der Waals surface area contributed by atoms with Crippen molar-refractivity contribution in [1.82, 2.24) is 0 Å². The first-order valence-electron chi connectivity index (χ1n) is 9.24. The summed E-state index contributed by atoms with van der Waals surface area (Å²) in [5.74, 6) is -1.47. The monoisotopic (exact) mass is 402 g/mol. The molecule has 0 unspecified atom stereocenters. The van der Waals surface area contributed by atoms with Crippen molar-refractivity contribution < 1.29 is 32.6 Å². The highest BCUT2D eigenvalue weighted by Crippen LogP contribution is 2.38. The molecule has 0 N–H and O–H groups in total. The largest absolute Gasteiger partial charge is 0.714 e. The van der Waals surface area contributed by atoms with Gasteiger partial charge in [-0.15, -0.1) is 0 Å². The van der Waals surface area contributed by atoms with E-state index in [1.807, 2.05) is 58.0 Å². The van der Waals surface area contributed by atoms with Crippen LogP contribution in [0.4, 0.5) is 4.39 Å². The summed E-state index contributed by atoms with van der Waals surface area (Å²) < 4.78 is 42.2. The van der Waals surface area contributed by atoms with Crippen LogP contribution < -0.4 is 9.39 Å². The van der Waals surface area contributed by atoms with Crippen LogP contribution in [0, 0.1) is 5.82 Å². The fourth-order valence-corrected chi connectivity index (χ4v) is 2.69. The topological polar surface area (TPSA) is 63.2 Å². The first-order valence-corrected chi connectivity index (χ1v) is 9.24. The molecule has 1 aliphatic heterocycles. The van der Waals surface area contributed by atoms with Gasteiger partial charge in [0.05, 0.1) is 18.3 Å². The Morgan fingerprint density at radius 2 is 1.66 bits per heavy atom. The number of esters is 1. The molecule has 6 nitrogen and oxygen atoms in total. The number of ether oxygens (including phenoxy) is 2.